The molecule has 8 heteroatoms. The molecule has 1 aliphatic heterocycles. The Balaban J connectivity index is 1.53. The minimum atomic E-state index is -0.0910. The van der Waals surface area contributed by atoms with Crippen LogP contribution in [0.5, 0.6) is 5.75 Å². The third-order valence-electron chi connectivity index (χ3n) is 4.60. The molecule has 1 aliphatic rings. The molecule has 1 aromatic carbocycles. The Morgan fingerprint density at radius 3 is 2.70 bits per heavy atom. The van der Waals surface area contributed by atoms with Gasteiger partial charge in [0.2, 0.25) is 0 Å². The summed E-state index contributed by atoms with van der Waals surface area (Å²) in [5, 5.41) is 1.66. The van der Waals surface area contributed by atoms with Crippen molar-refractivity contribution < 1.29 is 4.74 Å². The number of aromatic nitrogens is 3. The van der Waals surface area contributed by atoms with E-state index in [0.29, 0.717) is 33.2 Å². The molecule has 3 heterocycles. The van der Waals surface area contributed by atoms with Gasteiger partial charge >= 0.3 is 5.69 Å². The van der Waals surface area contributed by atoms with Crippen LogP contribution in [0.15, 0.2) is 46.3 Å². The SMILES string of the molecule is O=c1n2c(c(S)n1-c1ccc(OCc3ccc(Cl)c(Cl)c3)cn1)CCCC2. The summed E-state index contributed by atoms with van der Waals surface area (Å²) in [7, 11) is 0. The molecule has 0 bridgehead atoms. The molecule has 0 amide bonds. The highest BCUT2D eigenvalue weighted by Crippen LogP contribution is 2.25. The second-order valence-electron chi connectivity index (χ2n) is 6.39. The number of thiol groups is 1. The third kappa shape index (κ3) is 3.61. The fourth-order valence-electron chi connectivity index (χ4n) is 3.21. The van der Waals surface area contributed by atoms with E-state index in [1.165, 1.54) is 0 Å². The van der Waals surface area contributed by atoms with E-state index in [9.17, 15) is 4.79 Å². The first kappa shape index (κ1) is 18.5. The number of hydrogen-bond donors (Lipinski definition) is 1. The molecule has 0 aliphatic carbocycles. The highest BCUT2D eigenvalue weighted by Gasteiger charge is 2.21. The fourth-order valence-corrected chi connectivity index (χ4v) is 3.95. The lowest BCUT2D eigenvalue weighted by molar-refractivity contribution is 0.305. The molecule has 4 rings (SSSR count). The van der Waals surface area contributed by atoms with Crippen molar-refractivity contribution in [2.45, 2.75) is 37.4 Å². The Labute approximate surface area is 171 Å². The molecule has 140 valence electrons. The largest absolute Gasteiger partial charge is 0.487 e. The van der Waals surface area contributed by atoms with E-state index in [4.69, 9.17) is 27.9 Å². The van der Waals surface area contributed by atoms with Crippen LogP contribution in [0.4, 0.5) is 0 Å². The van der Waals surface area contributed by atoms with Crippen molar-refractivity contribution in [3.8, 4) is 11.6 Å². The summed E-state index contributed by atoms with van der Waals surface area (Å²) >= 11 is 16.5. The Morgan fingerprint density at radius 2 is 2.00 bits per heavy atom. The van der Waals surface area contributed by atoms with Gasteiger partial charge in [-0.1, -0.05) is 29.3 Å². The average Bonchev–Trinajstić information content (AvgIpc) is 2.94. The number of halogens is 2. The van der Waals surface area contributed by atoms with Crippen molar-refractivity contribution in [2.24, 2.45) is 0 Å². The van der Waals surface area contributed by atoms with Crippen LogP contribution in [0, 0.1) is 0 Å². The van der Waals surface area contributed by atoms with Crippen molar-refractivity contribution in [3.63, 3.8) is 0 Å². The van der Waals surface area contributed by atoms with Crippen LogP contribution in [0.1, 0.15) is 24.1 Å². The zero-order valence-electron chi connectivity index (χ0n) is 14.4. The third-order valence-corrected chi connectivity index (χ3v) is 5.80. The van der Waals surface area contributed by atoms with Crippen molar-refractivity contribution in [1.82, 2.24) is 14.1 Å². The second-order valence-corrected chi connectivity index (χ2v) is 7.62. The maximum atomic E-state index is 12.7. The van der Waals surface area contributed by atoms with Gasteiger partial charge in [-0.05, 0) is 49.1 Å². The number of rotatable bonds is 4. The molecule has 0 saturated heterocycles. The molecule has 2 aromatic heterocycles. The van der Waals surface area contributed by atoms with Gasteiger partial charge in [-0.15, -0.1) is 12.6 Å². The lowest BCUT2D eigenvalue weighted by atomic mass is 10.1. The van der Waals surface area contributed by atoms with Gasteiger partial charge in [-0.2, -0.15) is 0 Å². The predicted molar refractivity (Wildman–Crippen MR) is 109 cm³/mol. The van der Waals surface area contributed by atoms with E-state index in [1.807, 2.05) is 6.07 Å². The van der Waals surface area contributed by atoms with Gasteiger partial charge < -0.3 is 4.74 Å². The molecule has 0 unspecified atom stereocenters. The van der Waals surface area contributed by atoms with Crippen LogP contribution in [0.2, 0.25) is 10.0 Å². The molecule has 0 saturated carbocycles. The Hall–Kier alpha value is -1.89. The first-order valence-corrected chi connectivity index (χ1v) is 9.81. The van der Waals surface area contributed by atoms with Crippen molar-refractivity contribution in [2.75, 3.05) is 0 Å². The summed E-state index contributed by atoms with van der Waals surface area (Å²) in [4.78, 5) is 17.1. The van der Waals surface area contributed by atoms with Crippen LogP contribution < -0.4 is 10.4 Å². The summed E-state index contributed by atoms with van der Waals surface area (Å²) in [5.74, 6) is 1.14. The molecule has 5 nitrogen and oxygen atoms in total. The van der Waals surface area contributed by atoms with Gasteiger partial charge in [-0.25, -0.2) is 14.3 Å². The maximum absolute atomic E-state index is 12.7. The van der Waals surface area contributed by atoms with Gasteiger partial charge in [0, 0.05) is 6.54 Å². The van der Waals surface area contributed by atoms with E-state index in [2.05, 4.69) is 17.6 Å². The first-order chi connectivity index (χ1) is 13.0. The Bertz CT molecular complexity index is 1040. The topological polar surface area (TPSA) is 49.0 Å². The van der Waals surface area contributed by atoms with Crippen LogP contribution in [-0.2, 0) is 19.6 Å². The summed E-state index contributed by atoms with van der Waals surface area (Å²) in [5.41, 5.74) is 1.80. The van der Waals surface area contributed by atoms with Crippen LogP contribution in [0.25, 0.3) is 5.82 Å². The summed E-state index contributed by atoms with van der Waals surface area (Å²) < 4.78 is 9.09. The second kappa shape index (κ2) is 7.62. The quantitative estimate of drug-likeness (QED) is 0.628. The smallest absolute Gasteiger partial charge is 0.335 e. The number of benzene rings is 1. The summed E-state index contributed by atoms with van der Waals surface area (Å²) in [6.45, 7) is 1.08. The van der Waals surface area contributed by atoms with E-state index in [-0.39, 0.29) is 5.69 Å². The summed E-state index contributed by atoms with van der Waals surface area (Å²) in [6, 6.07) is 8.91. The number of hydrogen-bond acceptors (Lipinski definition) is 4. The molecular weight excluding hydrogens is 405 g/mol. The molecule has 0 fully saturated rings. The predicted octanol–water partition coefficient (Wildman–Crippen LogP) is 4.54. The zero-order valence-corrected chi connectivity index (χ0v) is 16.8. The monoisotopic (exact) mass is 421 g/mol. The van der Waals surface area contributed by atoms with Gasteiger partial charge in [-0.3, -0.25) is 4.57 Å². The average molecular weight is 422 g/mol. The number of imidazole rings is 1. The van der Waals surface area contributed by atoms with E-state index >= 15 is 0 Å². The minimum Gasteiger partial charge on any atom is -0.487 e. The van der Waals surface area contributed by atoms with Crippen LogP contribution in [-0.4, -0.2) is 14.1 Å². The number of nitrogens with zero attached hydrogens (tertiary/aromatic N) is 3. The van der Waals surface area contributed by atoms with Gasteiger partial charge in [0.05, 0.1) is 21.9 Å². The number of ether oxygens (including phenoxy) is 1. The molecule has 3 aromatic rings. The number of pyridine rings is 1. The van der Waals surface area contributed by atoms with E-state index in [1.54, 1.807) is 39.6 Å². The van der Waals surface area contributed by atoms with E-state index in [0.717, 1.165) is 37.1 Å². The van der Waals surface area contributed by atoms with Crippen molar-refractivity contribution in [3.05, 3.63) is 68.3 Å². The molecule has 27 heavy (non-hydrogen) atoms. The highest BCUT2D eigenvalue weighted by atomic mass is 35.5. The van der Waals surface area contributed by atoms with Crippen molar-refractivity contribution in [1.29, 1.82) is 0 Å². The minimum absolute atomic E-state index is 0.0910. The zero-order chi connectivity index (χ0) is 19.0. The molecule has 0 spiro atoms. The Kier molecular flexibility index (Phi) is 5.21. The van der Waals surface area contributed by atoms with Gasteiger partial charge in [0.1, 0.15) is 23.2 Å². The normalized spacial score (nSPS) is 13.4. The van der Waals surface area contributed by atoms with Crippen LogP contribution >= 0.6 is 35.8 Å². The lowest BCUT2D eigenvalue weighted by Crippen LogP contribution is -2.26. The van der Waals surface area contributed by atoms with Crippen molar-refractivity contribution >= 4 is 35.8 Å². The molecule has 0 atom stereocenters. The van der Waals surface area contributed by atoms with Gasteiger partial charge in [0.15, 0.2) is 0 Å². The highest BCUT2D eigenvalue weighted by molar-refractivity contribution is 7.80. The Morgan fingerprint density at radius 1 is 1.15 bits per heavy atom. The first-order valence-electron chi connectivity index (χ1n) is 8.61. The van der Waals surface area contributed by atoms with E-state index < -0.39 is 0 Å². The molecule has 0 N–H and O–H groups in total. The summed E-state index contributed by atoms with van der Waals surface area (Å²) in [6.07, 6.45) is 4.56. The number of fused-ring (bicyclic) bond motifs is 1. The van der Waals surface area contributed by atoms with Gasteiger partial charge in [0.25, 0.3) is 0 Å². The molecular formula is C19H17Cl2N3O2S. The van der Waals surface area contributed by atoms with Crippen LogP contribution in [0.3, 0.4) is 0 Å². The molecule has 0 radical (unpaired) electrons. The maximum Gasteiger partial charge on any atom is 0.335 e. The fraction of sp³-hybridized carbons (Fsp3) is 0.263. The lowest BCUT2D eigenvalue weighted by Gasteiger charge is -2.12. The standard InChI is InChI=1S/C19H17Cl2N3O2S/c20-14-6-4-12(9-15(14)21)11-26-13-5-7-17(22-10-13)24-18(27)16-3-1-2-8-23(16)19(24)25/h4-7,9-10,27H,1-3,8,11H2.